The number of ether oxygens (including phenoxy) is 1. The summed E-state index contributed by atoms with van der Waals surface area (Å²) in [7, 11) is 1.93. The highest BCUT2D eigenvalue weighted by atomic mass is 16.5. The molecule has 1 fully saturated rings. The van der Waals surface area contributed by atoms with Gasteiger partial charge in [-0.3, -0.25) is 9.78 Å². The first kappa shape index (κ1) is 21.0. The summed E-state index contributed by atoms with van der Waals surface area (Å²) < 4.78 is 7.82. The van der Waals surface area contributed by atoms with Crippen molar-refractivity contribution in [2.75, 3.05) is 5.32 Å². The van der Waals surface area contributed by atoms with E-state index in [9.17, 15) is 9.90 Å². The molecule has 0 saturated heterocycles. The van der Waals surface area contributed by atoms with Gasteiger partial charge in [0, 0.05) is 37.8 Å². The third-order valence-corrected chi connectivity index (χ3v) is 5.63. The minimum Gasteiger partial charge on any atom is -0.490 e. The van der Waals surface area contributed by atoms with Crippen LogP contribution in [0.4, 0.5) is 5.69 Å². The van der Waals surface area contributed by atoms with E-state index in [0.29, 0.717) is 17.9 Å². The quantitative estimate of drug-likeness (QED) is 0.608. The van der Waals surface area contributed by atoms with Crippen molar-refractivity contribution in [3.05, 3.63) is 66.0 Å². The highest BCUT2D eigenvalue weighted by Crippen LogP contribution is 2.25. The van der Waals surface area contributed by atoms with E-state index in [0.717, 1.165) is 30.7 Å². The van der Waals surface area contributed by atoms with Crippen molar-refractivity contribution in [1.82, 2.24) is 19.7 Å². The summed E-state index contributed by atoms with van der Waals surface area (Å²) in [6.45, 7) is 2.12. The first-order chi connectivity index (χ1) is 15.0. The molecule has 1 amide bonds. The molecule has 2 N–H and O–H groups in total. The second-order valence-electron chi connectivity index (χ2n) is 8.13. The molecular formula is C23H27N5O3. The number of aliphatic hydroxyl groups is 1. The standard InChI is InChI=1S/C23H27N5O3/c1-15(10-22-27-25-14-28(22)2)16-4-3-5-17(11-16)26-23(30)21-13-20(8-9-24-21)31-19-7-6-18(29)12-19/h3-5,8-9,11,13-15,18-19,29H,6-7,10,12H2,1-2H3,(H,26,30)/t15?,18-,19+/m1/s1. The van der Waals surface area contributed by atoms with E-state index < -0.39 is 0 Å². The minimum absolute atomic E-state index is 0.0274. The van der Waals surface area contributed by atoms with Crippen molar-refractivity contribution >= 4 is 11.6 Å². The number of carbonyl (C=O) groups is 1. The lowest BCUT2D eigenvalue weighted by molar-refractivity contribution is 0.102. The van der Waals surface area contributed by atoms with Gasteiger partial charge in [-0.1, -0.05) is 19.1 Å². The van der Waals surface area contributed by atoms with Crippen molar-refractivity contribution in [2.24, 2.45) is 7.05 Å². The van der Waals surface area contributed by atoms with E-state index in [2.05, 4.69) is 27.4 Å². The maximum Gasteiger partial charge on any atom is 0.274 e. The number of carbonyl (C=O) groups excluding carboxylic acids is 1. The predicted octanol–water partition coefficient (Wildman–Crippen LogP) is 3.10. The summed E-state index contributed by atoms with van der Waals surface area (Å²) in [5, 5.41) is 20.7. The van der Waals surface area contributed by atoms with Gasteiger partial charge in [-0.25, -0.2) is 0 Å². The number of aliphatic hydroxyl groups excluding tert-OH is 1. The molecule has 1 aliphatic rings. The Kier molecular flexibility index (Phi) is 6.27. The number of hydrogen-bond acceptors (Lipinski definition) is 6. The van der Waals surface area contributed by atoms with E-state index in [1.165, 1.54) is 0 Å². The molecule has 1 aliphatic carbocycles. The van der Waals surface area contributed by atoms with E-state index in [1.807, 2.05) is 35.9 Å². The number of hydrogen-bond donors (Lipinski definition) is 2. The monoisotopic (exact) mass is 421 g/mol. The van der Waals surface area contributed by atoms with Crippen LogP contribution >= 0.6 is 0 Å². The first-order valence-electron chi connectivity index (χ1n) is 10.5. The molecule has 1 aromatic carbocycles. The van der Waals surface area contributed by atoms with Crippen LogP contribution in [0.1, 0.15) is 54.0 Å². The zero-order chi connectivity index (χ0) is 21.8. The van der Waals surface area contributed by atoms with Gasteiger partial charge in [0.25, 0.3) is 5.91 Å². The Morgan fingerprint density at radius 2 is 2.19 bits per heavy atom. The Balaban J connectivity index is 1.41. The fourth-order valence-corrected chi connectivity index (χ4v) is 3.83. The van der Waals surface area contributed by atoms with Crippen LogP contribution in [0.5, 0.6) is 5.75 Å². The molecule has 4 rings (SSSR count). The molecule has 0 spiro atoms. The van der Waals surface area contributed by atoms with Crippen LogP contribution in [0.3, 0.4) is 0 Å². The molecule has 0 aliphatic heterocycles. The van der Waals surface area contributed by atoms with Crippen molar-refractivity contribution < 1.29 is 14.6 Å². The van der Waals surface area contributed by atoms with Crippen LogP contribution in [-0.2, 0) is 13.5 Å². The van der Waals surface area contributed by atoms with Gasteiger partial charge in [0.1, 0.15) is 29.7 Å². The molecule has 8 nitrogen and oxygen atoms in total. The molecule has 2 aromatic heterocycles. The molecule has 3 aromatic rings. The molecule has 2 heterocycles. The Morgan fingerprint density at radius 3 is 2.94 bits per heavy atom. The largest absolute Gasteiger partial charge is 0.490 e. The van der Waals surface area contributed by atoms with Crippen LogP contribution < -0.4 is 10.1 Å². The van der Waals surface area contributed by atoms with Crippen LogP contribution in [0.15, 0.2) is 48.9 Å². The Hall–Kier alpha value is -3.26. The summed E-state index contributed by atoms with van der Waals surface area (Å²) in [5.41, 5.74) is 2.10. The van der Waals surface area contributed by atoms with Crippen molar-refractivity contribution in [1.29, 1.82) is 0 Å². The number of rotatable bonds is 7. The van der Waals surface area contributed by atoms with Gasteiger partial charge in [0.2, 0.25) is 0 Å². The number of nitrogens with zero attached hydrogens (tertiary/aromatic N) is 4. The molecule has 8 heteroatoms. The fraction of sp³-hybridized carbons (Fsp3) is 0.391. The van der Waals surface area contributed by atoms with Gasteiger partial charge in [-0.05, 0) is 42.5 Å². The third kappa shape index (κ3) is 5.27. The minimum atomic E-state index is -0.307. The molecule has 1 unspecified atom stereocenters. The maximum atomic E-state index is 12.7. The topological polar surface area (TPSA) is 102 Å². The number of aryl methyl sites for hydroxylation is 1. The average molecular weight is 422 g/mol. The normalized spacial score (nSPS) is 19.2. The van der Waals surface area contributed by atoms with E-state index in [1.54, 1.807) is 24.7 Å². The van der Waals surface area contributed by atoms with Gasteiger partial charge >= 0.3 is 0 Å². The second kappa shape index (κ2) is 9.26. The van der Waals surface area contributed by atoms with E-state index >= 15 is 0 Å². The van der Waals surface area contributed by atoms with Gasteiger partial charge in [-0.2, -0.15) is 0 Å². The SMILES string of the molecule is CC(Cc1nncn1C)c1cccc(NC(=O)c2cc(O[C@H]3CC[C@@H](O)C3)ccn2)c1. The lowest BCUT2D eigenvalue weighted by Crippen LogP contribution is -2.16. The maximum absolute atomic E-state index is 12.7. The van der Waals surface area contributed by atoms with Crippen molar-refractivity contribution in [3.8, 4) is 5.75 Å². The average Bonchev–Trinajstić information content (AvgIpc) is 3.36. The summed E-state index contributed by atoms with van der Waals surface area (Å²) in [6, 6.07) is 11.2. The summed E-state index contributed by atoms with van der Waals surface area (Å²) in [5.74, 6) is 1.43. The lowest BCUT2D eigenvalue weighted by atomic mass is 9.97. The molecule has 1 saturated carbocycles. The van der Waals surface area contributed by atoms with Crippen molar-refractivity contribution in [3.63, 3.8) is 0 Å². The molecule has 162 valence electrons. The molecule has 3 atom stereocenters. The van der Waals surface area contributed by atoms with Crippen LogP contribution in [0.2, 0.25) is 0 Å². The summed E-state index contributed by atoms with van der Waals surface area (Å²) >= 11 is 0. The Bertz CT molecular complexity index is 1050. The molecule has 0 radical (unpaired) electrons. The zero-order valence-corrected chi connectivity index (χ0v) is 17.7. The molecule has 31 heavy (non-hydrogen) atoms. The smallest absolute Gasteiger partial charge is 0.274 e. The van der Waals surface area contributed by atoms with Crippen molar-refractivity contribution in [2.45, 2.75) is 50.7 Å². The third-order valence-electron chi connectivity index (χ3n) is 5.63. The van der Waals surface area contributed by atoms with E-state index in [-0.39, 0.29) is 29.7 Å². The number of benzene rings is 1. The van der Waals surface area contributed by atoms with Gasteiger partial charge < -0.3 is 19.7 Å². The van der Waals surface area contributed by atoms with Crippen LogP contribution in [0.25, 0.3) is 0 Å². The Morgan fingerprint density at radius 1 is 1.32 bits per heavy atom. The van der Waals surface area contributed by atoms with Gasteiger partial charge in [0.05, 0.1) is 6.10 Å². The molecule has 0 bridgehead atoms. The van der Waals surface area contributed by atoms with E-state index in [4.69, 9.17) is 4.74 Å². The number of amides is 1. The highest BCUT2D eigenvalue weighted by molar-refractivity contribution is 6.03. The first-order valence-corrected chi connectivity index (χ1v) is 10.5. The predicted molar refractivity (Wildman–Crippen MR) is 116 cm³/mol. The van der Waals surface area contributed by atoms with Crippen LogP contribution in [-0.4, -0.2) is 43.0 Å². The summed E-state index contributed by atoms with van der Waals surface area (Å²) in [4.78, 5) is 16.9. The van der Waals surface area contributed by atoms with Gasteiger partial charge in [0.15, 0.2) is 0 Å². The van der Waals surface area contributed by atoms with Crippen LogP contribution in [0, 0.1) is 0 Å². The number of nitrogens with one attached hydrogen (secondary N) is 1. The van der Waals surface area contributed by atoms with Gasteiger partial charge in [-0.15, -0.1) is 10.2 Å². The number of anilines is 1. The zero-order valence-electron chi connectivity index (χ0n) is 17.7. The second-order valence-corrected chi connectivity index (χ2v) is 8.13. The highest BCUT2D eigenvalue weighted by Gasteiger charge is 2.24. The lowest BCUT2D eigenvalue weighted by Gasteiger charge is -2.14. The summed E-state index contributed by atoms with van der Waals surface area (Å²) in [6.07, 6.45) is 5.85. The number of aromatic nitrogens is 4. The molecular weight excluding hydrogens is 394 g/mol. The fourth-order valence-electron chi connectivity index (χ4n) is 3.83. The Labute approximate surface area is 181 Å². The number of pyridine rings is 1.